The summed E-state index contributed by atoms with van der Waals surface area (Å²) in [6.07, 6.45) is 7.60. The van der Waals surface area contributed by atoms with E-state index in [4.69, 9.17) is 5.73 Å². The van der Waals surface area contributed by atoms with Crippen molar-refractivity contribution < 1.29 is 9.59 Å². The zero-order valence-corrected chi connectivity index (χ0v) is 17.5. The van der Waals surface area contributed by atoms with Crippen LogP contribution in [0.3, 0.4) is 0 Å². The fraction of sp³-hybridized carbons (Fsp3) is 0.636. The normalized spacial score (nSPS) is 23.8. The van der Waals surface area contributed by atoms with Gasteiger partial charge in [0.1, 0.15) is 6.04 Å². The molecular formula is C22H35N5O2. The number of hydrogen-bond acceptors (Lipinski definition) is 6. The van der Waals surface area contributed by atoms with Crippen molar-refractivity contribution in [3.8, 4) is 0 Å². The van der Waals surface area contributed by atoms with Gasteiger partial charge in [0.05, 0.1) is 0 Å². The number of anilines is 2. The Morgan fingerprint density at radius 2 is 1.76 bits per heavy atom. The number of piperazine rings is 1. The lowest BCUT2D eigenvalue weighted by molar-refractivity contribution is -0.133. The molecule has 1 saturated carbocycles. The Morgan fingerprint density at radius 3 is 2.38 bits per heavy atom. The van der Waals surface area contributed by atoms with Gasteiger partial charge < -0.3 is 20.9 Å². The summed E-state index contributed by atoms with van der Waals surface area (Å²) in [5, 5.41) is 5.61. The lowest BCUT2D eigenvalue weighted by Crippen LogP contribution is -2.47. The number of benzene rings is 1. The highest BCUT2D eigenvalue weighted by Gasteiger charge is 2.26. The van der Waals surface area contributed by atoms with Crippen molar-refractivity contribution in [3.63, 3.8) is 0 Å². The monoisotopic (exact) mass is 401 g/mol. The Morgan fingerprint density at radius 1 is 1.03 bits per heavy atom. The van der Waals surface area contributed by atoms with Gasteiger partial charge in [-0.05, 0) is 44.5 Å². The topological polar surface area (TPSA) is 90.7 Å². The molecule has 2 aliphatic heterocycles. The predicted molar refractivity (Wildman–Crippen MR) is 117 cm³/mol. The third-order valence-corrected chi connectivity index (χ3v) is 5.94. The number of nitrogens with one attached hydrogen (secondary N) is 2. The molecule has 0 bridgehead atoms. The number of carbonyl (C=O) groups excluding carboxylic acids is 2. The second kappa shape index (κ2) is 10.6. The van der Waals surface area contributed by atoms with Gasteiger partial charge in [-0.3, -0.25) is 14.9 Å². The van der Waals surface area contributed by atoms with Gasteiger partial charge in [-0.15, -0.1) is 0 Å². The van der Waals surface area contributed by atoms with Crippen LogP contribution in [-0.2, 0) is 9.59 Å². The maximum absolute atomic E-state index is 11.8. The van der Waals surface area contributed by atoms with Crippen LogP contribution >= 0.6 is 0 Å². The van der Waals surface area contributed by atoms with Gasteiger partial charge >= 0.3 is 0 Å². The Balaban J connectivity index is 0.000000290. The first-order valence-corrected chi connectivity index (χ1v) is 10.9. The van der Waals surface area contributed by atoms with E-state index in [1.165, 1.54) is 37.8 Å². The summed E-state index contributed by atoms with van der Waals surface area (Å²) in [7, 11) is 2.14. The van der Waals surface area contributed by atoms with Crippen molar-refractivity contribution >= 4 is 23.2 Å². The highest BCUT2D eigenvalue weighted by atomic mass is 16.2. The van der Waals surface area contributed by atoms with Crippen LogP contribution in [0.1, 0.15) is 44.9 Å². The lowest BCUT2D eigenvalue weighted by atomic mass is 9.97. The number of nitrogens with zero attached hydrogens (tertiary/aromatic N) is 2. The molecule has 3 aliphatic rings. The summed E-state index contributed by atoms with van der Waals surface area (Å²) in [6, 6.07) is 8.34. The number of piperidine rings is 1. The lowest BCUT2D eigenvalue weighted by Gasteiger charge is -2.34. The minimum absolute atomic E-state index is 0.186. The van der Waals surface area contributed by atoms with Crippen molar-refractivity contribution in [2.45, 2.75) is 57.0 Å². The fourth-order valence-corrected chi connectivity index (χ4v) is 4.02. The van der Waals surface area contributed by atoms with Crippen LogP contribution in [0.15, 0.2) is 24.3 Å². The molecule has 2 amide bonds. The zero-order valence-electron chi connectivity index (χ0n) is 17.5. The minimum atomic E-state index is -0.333. The molecule has 0 radical (unpaired) electrons. The molecular weight excluding hydrogens is 366 g/mol. The molecule has 2 heterocycles. The maximum Gasteiger partial charge on any atom is 0.249 e. The summed E-state index contributed by atoms with van der Waals surface area (Å²) >= 11 is 0. The summed E-state index contributed by atoms with van der Waals surface area (Å²) in [5.74, 6) is -0.421. The molecule has 1 aromatic rings. The third-order valence-electron chi connectivity index (χ3n) is 5.94. The largest absolute Gasteiger partial charge is 0.374 e. The number of rotatable bonds is 3. The summed E-state index contributed by atoms with van der Waals surface area (Å²) in [6.45, 7) is 4.15. The number of imide groups is 1. The molecule has 0 spiro atoms. The average Bonchev–Trinajstić information content (AvgIpc) is 2.72. The highest BCUT2D eigenvalue weighted by molar-refractivity contribution is 6.01. The van der Waals surface area contributed by atoms with E-state index in [-0.39, 0.29) is 17.9 Å². The SMILES string of the molecule is CN1CCN(c2cccc(NC3CCC(=O)NC3=O)c2)CC1.NC1CCCCC1. The van der Waals surface area contributed by atoms with E-state index >= 15 is 0 Å². The van der Waals surface area contributed by atoms with Crippen molar-refractivity contribution in [1.82, 2.24) is 10.2 Å². The summed E-state index contributed by atoms with van der Waals surface area (Å²) < 4.78 is 0. The molecule has 1 atom stereocenters. The van der Waals surface area contributed by atoms with E-state index in [9.17, 15) is 9.59 Å². The van der Waals surface area contributed by atoms with Gasteiger partial charge in [-0.1, -0.05) is 25.3 Å². The molecule has 1 unspecified atom stereocenters. The summed E-state index contributed by atoms with van der Waals surface area (Å²) in [5.41, 5.74) is 7.73. The van der Waals surface area contributed by atoms with Gasteiger partial charge in [-0.2, -0.15) is 0 Å². The van der Waals surface area contributed by atoms with Crippen LogP contribution in [0.2, 0.25) is 0 Å². The molecule has 1 aliphatic carbocycles. The number of hydrogen-bond donors (Lipinski definition) is 3. The molecule has 4 N–H and O–H groups in total. The number of amides is 2. The molecule has 3 fully saturated rings. The van der Waals surface area contributed by atoms with Gasteiger partial charge in [-0.25, -0.2) is 0 Å². The standard InChI is InChI=1S/C16H22N4O2.C6H13N/c1-19-7-9-20(10-8-19)13-4-2-3-12(11-13)17-14-5-6-15(21)18-16(14)22;7-6-4-2-1-3-5-6/h2-4,11,14,17H,5-10H2,1H3,(H,18,21,22);6H,1-5,7H2. The van der Waals surface area contributed by atoms with E-state index in [1.807, 2.05) is 12.1 Å². The quantitative estimate of drug-likeness (QED) is 0.671. The third kappa shape index (κ3) is 6.72. The second-order valence-corrected chi connectivity index (χ2v) is 8.39. The first-order valence-electron chi connectivity index (χ1n) is 10.9. The Bertz CT molecular complexity index is 682. The van der Waals surface area contributed by atoms with Crippen molar-refractivity contribution in [2.24, 2.45) is 5.73 Å². The van der Waals surface area contributed by atoms with Crippen LogP contribution in [0.25, 0.3) is 0 Å². The Hall–Kier alpha value is -2.12. The van der Waals surface area contributed by atoms with Crippen molar-refractivity contribution in [1.29, 1.82) is 0 Å². The van der Waals surface area contributed by atoms with E-state index in [2.05, 4.69) is 39.6 Å². The van der Waals surface area contributed by atoms with E-state index in [0.29, 0.717) is 18.9 Å². The average molecular weight is 402 g/mol. The summed E-state index contributed by atoms with van der Waals surface area (Å²) in [4.78, 5) is 27.7. The van der Waals surface area contributed by atoms with E-state index < -0.39 is 0 Å². The predicted octanol–water partition coefficient (Wildman–Crippen LogP) is 1.93. The highest BCUT2D eigenvalue weighted by Crippen LogP contribution is 2.22. The Labute approximate surface area is 174 Å². The van der Waals surface area contributed by atoms with Crippen LogP contribution in [-0.4, -0.2) is 62.0 Å². The smallest absolute Gasteiger partial charge is 0.249 e. The molecule has 29 heavy (non-hydrogen) atoms. The molecule has 0 aromatic heterocycles. The molecule has 2 saturated heterocycles. The van der Waals surface area contributed by atoms with E-state index in [0.717, 1.165) is 31.9 Å². The van der Waals surface area contributed by atoms with Crippen molar-refractivity contribution in [2.75, 3.05) is 43.4 Å². The molecule has 160 valence electrons. The first kappa shape index (κ1) is 21.6. The molecule has 4 rings (SSSR count). The molecule has 7 heteroatoms. The van der Waals surface area contributed by atoms with Crippen LogP contribution in [0.4, 0.5) is 11.4 Å². The van der Waals surface area contributed by atoms with E-state index in [1.54, 1.807) is 0 Å². The van der Waals surface area contributed by atoms with Crippen LogP contribution < -0.4 is 21.3 Å². The zero-order chi connectivity index (χ0) is 20.6. The van der Waals surface area contributed by atoms with Gasteiger partial charge in [0.25, 0.3) is 0 Å². The minimum Gasteiger partial charge on any atom is -0.374 e. The van der Waals surface area contributed by atoms with Crippen LogP contribution in [0.5, 0.6) is 0 Å². The van der Waals surface area contributed by atoms with Crippen LogP contribution in [0, 0.1) is 0 Å². The molecule has 1 aromatic carbocycles. The number of carbonyl (C=O) groups is 2. The van der Waals surface area contributed by atoms with Crippen molar-refractivity contribution in [3.05, 3.63) is 24.3 Å². The maximum atomic E-state index is 11.8. The first-order chi connectivity index (χ1) is 14.0. The fourth-order valence-electron chi connectivity index (χ4n) is 4.02. The van der Waals surface area contributed by atoms with Gasteiger partial charge in [0, 0.05) is 50.0 Å². The Kier molecular flexibility index (Phi) is 7.89. The van der Waals surface area contributed by atoms with Gasteiger partial charge in [0.15, 0.2) is 0 Å². The molecule has 7 nitrogen and oxygen atoms in total. The number of likely N-dealkylation sites (N-methyl/N-ethyl adjacent to an activating group) is 1. The van der Waals surface area contributed by atoms with Gasteiger partial charge in [0.2, 0.25) is 11.8 Å². The second-order valence-electron chi connectivity index (χ2n) is 8.39. The number of nitrogens with two attached hydrogens (primary N) is 1.